The Morgan fingerprint density at radius 2 is 1.08 bits per heavy atom. The minimum Gasteiger partial charge on any atom is -0.431 e. The van der Waals surface area contributed by atoms with Gasteiger partial charge in [-0.25, -0.2) is 9.59 Å². The van der Waals surface area contributed by atoms with Gasteiger partial charge in [0, 0.05) is 0 Å². The van der Waals surface area contributed by atoms with Gasteiger partial charge in [0.25, 0.3) is 0 Å². The van der Waals surface area contributed by atoms with E-state index in [4.69, 9.17) is 18.9 Å². The van der Waals surface area contributed by atoms with E-state index in [-0.39, 0.29) is 12.2 Å². The second-order valence-corrected chi connectivity index (χ2v) is 8.21. The number of ether oxygens (including phenoxy) is 4. The van der Waals surface area contributed by atoms with Gasteiger partial charge in [0.2, 0.25) is 0 Å². The monoisotopic (exact) mass is 372 g/mol. The molecule has 1 fully saturated rings. The maximum atomic E-state index is 12.0. The van der Waals surface area contributed by atoms with Crippen molar-refractivity contribution in [3.63, 3.8) is 0 Å². The van der Waals surface area contributed by atoms with Gasteiger partial charge < -0.3 is 18.9 Å². The number of carbonyl (C=O) groups is 2. The van der Waals surface area contributed by atoms with Crippen molar-refractivity contribution in [1.82, 2.24) is 0 Å². The molecule has 0 bridgehead atoms. The summed E-state index contributed by atoms with van der Waals surface area (Å²) in [6.07, 6.45) is 1.99. The normalized spacial score (nSPS) is 22.6. The van der Waals surface area contributed by atoms with Gasteiger partial charge in [-0.1, -0.05) is 27.7 Å². The first kappa shape index (κ1) is 22.6. The highest BCUT2D eigenvalue weighted by Crippen LogP contribution is 2.25. The van der Waals surface area contributed by atoms with Crippen LogP contribution in [0.2, 0.25) is 0 Å². The Balaban J connectivity index is 2.48. The van der Waals surface area contributed by atoms with Gasteiger partial charge in [-0.15, -0.1) is 0 Å². The Labute approximate surface area is 157 Å². The molecule has 4 atom stereocenters. The lowest BCUT2D eigenvalue weighted by atomic mass is 9.95. The lowest BCUT2D eigenvalue weighted by Gasteiger charge is -2.30. The zero-order chi connectivity index (χ0) is 19.7. The molecule has 26 heavy (non-hydrogen) atoms. The van der Waals surface area contributed by atoms with Crippen LogP contribution in [0.25, 0.3) is 0 Å². The van der Waals surface area contributed by atoms with E-state index in [1.54, 1.807) is 0 Å². The molecule has 0 saturated heterocycles. The smallest absolute Gasteiger partial charge is 0.431 e. The maximum Gasteiger partial charge on any atom is 0.508 e. The minimum absolute atomic E-state index is 0.202. The van der Waals surface area contributed by atoms with Gasteiger partial charge in [-0.05, 0) is 64.2 Å². The summed E-state index contributed by atoms with van der Waals surface area (Å²) >= 11 is 0. The minimum atomic E-state index is -0.694. The summed E-state index contributed by atoms with van der Waals surface area (Å²) in [4.78, 5) is 24.0. The van der Waals surface area contributed by atoms with Gasteiger partial charge in [0.1, 0.15) is 24.4 Å². The van der Waals surface area contributed by atoms with E-state index in [0.717, 1.165) is 25.7 Å². The number of hydrogen-bond acceptors (Lipinski definition) is 6. The molecule has 0 spiro atoms. The van der Waals surface area contributed by atoms with Crippen molar-refractivity contribution >= 4 is 12.3 Å². The zero-order valence-corrected chi connectivity index (χ0v) is 17.2. The third-order valence-electron chi connectivity index (χ3n) is 4.34. The predicted molar refractivity (Wildman–Crippen MR) is 99.0 cm³/mol. The molecule has 0 N–H and O–H groups in total. The molecule has 0 aromatic carbocycles. The van der Waals surface area contributed by atoms with Crippen LogP contribution in [0.5, 0.6) is 0 Å². The lowest BCUT2D eigenvalue weighted by molar-refractivity contribution is -0.0825. The Hall–Kier alpha value is -1.46. The second-order valence-electron chi connectivity index (χ2n) is 8.21. The van der Waals surface area contributed by atoms with E-state index in [1.807, 2.05) is 13.8 Å². The van der Waals surface area contributed by atoms with Crippen molar-refractivity contribution in [2.45, 2.75) is 104 Å². The Morgan fingerprint density at radius 1 is 0.731 bits per heavy atom. The summed E-state index contributed by atoms with van der Waals surface area (Å²) in [5.74, 6) is 0.873. The third kappa shape index (κ3) is 9.30. The molecule has 1 aliphatic rings. The van der Waals surface area contributed by atoms with Crippen molar-refractivity contribution in [3.8, 4) is 0 Å². The van der Waals surface area contributed by atoms with Crippen LogP contribution in [0.3, 0.4) is 0 Å². The first-order valence-electron chi connectivity index (χ1n) is 9.91. The number of rotatable bonds is 8. The molecule has 6 nitrogen and oxygen atoms in total. The molecule has 0 heterocycles. The van der Waals surface area contributed by atoms with E-state index >= 15 is 0 Å². The van der Waals surface area contributed by atoms with E-state index in [2.05, 4.69) is 27.7 Å². The number of carbonyl (C=O) groups excluding carboxylic acids is 2. The molecule has 1 saturated carbocycles. The van der Waals surface area contributed by atoms with E-state index in [9.17, 15) is 9.59 Å². The Morgan fingerprint density at radius 3 is 1.38 bits per heavy atom. The van der Waals surface area contributed by atoms with Gasteiger partial charge in [-0.3, -0.25) is 0 Å². The summed E-state index contributed by atoms with van der Waals surface area (Å²) in [7, 11) is 0. The molecular formula is C20H36O6. The highest BCUT2D eigenvalue weighted by Gasteiger charge is 2.33. The third-order valence-corrected chi connectivity index (χ3v) is 4.34. The average molecular weight is 373 g/mol. The van der Waals surface area contributed by atoms with Gasteiger partial charge >= 0.3 is 12.3 Å². The zero-order valence-electron chi connectivity index (χ0n) is 17.2. The fraction of sp³-hybridized carbons (Fsp3) is 0.900. The first-order valence-corrected chi connectivity index (χ1v) is 9.91. The standard InChI is InChI=1S/C20H36O6/c1-13(2)11-15(5)23-19(21)25-17-9-7-8-10-18(17)26-20(22)24-16(6)12-14(3)4/h13-18H,7-12H2,1-6H3. The van der Waals surface area contributed by atoms with Gasteiger partial charge in [0.15, 0.2) is 0 Å². The fourth-order valence-corrected chi connectivity index (χ4v) is 3.39. The SMILES string of the molecule is CC(C)CC(C)OC(=O)OC1CCCCC1OC(=O)OC(C)CC(C)C. The summed E-state index contributed by atoms with van der Waals surface area (Å²) in [6, 6.07) is 0. The molecule has 1 rings (SSSR count). The fourth-order valence-electron chi connectivity index (χ4n) is 3.39. The molecule has 152 valence electrons. The highest BCUT2D eigenvalue weighted by molar-refractivity contribution is 5.61. The van der Waals surface area contributed by atoms with Crippen molar-refractivity contribution in [3.05, 3.63) is 0 Å². The average Bonchev–Trinajstić information content (AvgIpc) is 2.46. The van der Waals surface area contributed by atoms with Crippen molar-refractivity contribution in [2.75, 3.05) is 0 Å². The molecule has 0 amide bonds. The van der Waals surface area contributed by atoms with Crippen LogP contribution in [0.1, 0.15) is 80.1 Å². The topological polar surface area (TPSA) is 71.1 Å². The van der Waals surface area contributed by atoms with Crippen LogP contribution >= 0.6 is 0 Å². The van der Waals surface area contributed by atoms with Crippen LogP contribution in [-0.2, 0) is 18.9 Å². The molecule has 0 aliphatic heterocycles. The van der Waals surface area contributed by atoms with Crippen LogP contribution in [0, 0.1) is 11.8 Å². The highest BCUT2D eigenvalue weighted by atomic mass is 16.8. The summed E-state index contributed by atoms with van der Waals surface area (Å²) in [6.45, 7) is 12.0. The maximum absolute atomic E-state index is 12.0. The van der Waals surface area contributed by atoms with E-state index in [1.165, 1.54) is 0 Å². The van der Waals surface area contributed by atoms with Crippen molar-refractivity contribution < 1.29 is 28.5 Å². The Kier molecular flexibility index (Phi) is 9.81. The molecular weight excluding hydrogens is 336 g/mol. The molecule has 0 aromatic heterocycles. The summed E-state index contributed by atoms with van der Waals surface area (Å²) in [5.41, 5.74) is 0. The molecule has 6 heteroatoms. The molecule has 0 aromatic rings. The second kappa shape index (κ2) is 11.3. The summed E-state index contributed by atoms with van der Waals surface area (Å²) < 4.78 is 21.5. The molecule has 1 aliphatic carbocycles. The van der Waals surface area contributed by atoms with E-state index < -0.39 is 24.5 Å². The summed E-state index contributed by atoms with van der Waals surface area (Å²) in [5, 5.41) is 0. The van der Waals surface area contributed by atoms with Crippen LogP contribution < -0.4 is 0 Å². The van der Waals surface area contributed by atoms with Crippen molar-refractivity contribution in [2.24, 2.45) is 11.8 Å². The van der Waals surface area contributed by atoms with Crippen LogP contribution in [0.4, 0.5) is 9.59 Å². The number of hydrogen-bond donors (Lipinski definition) is 0. The van der Waals surface area contributed by atoms with Gasteiger partial charge in [-0.2, -0.15) is 0 Å². The van der Waals surface area contributed by atoms with E-state index in [0.29, 0.717) is 24.7 Å². The Bertz CT molecular complexity index is 394. The quantitative estimate of drug-likeness (QED) is 0.526. The van der Waals surface area contributed by atoms with Crippen LogP contribution in [-0.4, -0.2) is 36.7 Å². The largest absolute Gasteiger partial charge is 0.508 e. The predicted octanol–water partition coefficient (Wildman–Crippen LogP) is 5.47. The lowest BCUT2D eigenvalue weighted by Crippen LogP contribution is -2.39. The molecule has 0 radical (unpaired) electrons. The van der Waals surface area contributed by atoms with Crippen LogP contribution in [0.15, 0.2) is 0 Å². The molecule has 4 unspecified atom stereocenters. The first-order chi connectivity index (χ1) is 12.2. The van der Waals surface area contributed by atoms with Gasteiger partial charge in [0.05, 0.1) is 0 Å². The van der Waals surface area contributed by atoms with Crippen molar-refractivity contribution in [1.29, 1.82) is 0 Å².